The van der Waals surface area contributed by atoms with E-state index in [4.69, 9.17) is 17.3 Å². The summed E-state index contributed by atoms with van der Waals surface area (Å²) in [5.74, 6) is 1.06. The Morgan fingerprint density at radius 2 is 1.91 bits per heavy atom. The second-order valence-corrected chi connectivity index (χ2v) is 6.60. The summed E-state index contributed by atoms with van der Waals surface area (Å²) in [6, 6.07) is 7.63. The van der Waals surface area contributed by atoms with Crippen LogP contribution in [0.2, 0.25) is 5.02 Å². The molecular formula is C14H16ClN7S. The first kappa shape index (κ1) is 15.8. The van der Waals surface area contributed by atoms with Gasteiger partial charge < -0.3 is 5.73 Å². The van der Waals surface area contributed by atoms with Crippen LogP contribution in [0.1, 0.15) is 25.6 Å². The minimum Gasteiger partial charge on any atom is -0.368 e. The van der Waals surface area contributed by atoms with E-state index in [0.29, 0.717) is 16.7 Å². The summed E-state index contributed by atoms with van der Waals surface area (Å²) in [4.78, 5) is 0. The van der Waals surface area contributed by atoms with E-state index in [-0.39, 0.29) is 6.04 Å². The number of nitrogens with two attached hydrogens (primary N) is 1. The van der Waals surface area contributed by atoms with Crippen molar-refractivity contribution in [1.29, 1.82) is 0 Å². The van der Waals surface area contributed by atoms with Crippen LogP contribution in [0.5, 0.6) is 0 Å². The highest BCUT2D eigenvalue weighted by molar-refractivity contribution is 7.98. The summed E-state index contributed by atoms with van der Waals surface area (Å²) in [6.45, 7) is 4.08. The standard InChI is InChI=1S/C14H16ClN7S/c1-9(2)22-13(16)18-19-14(22)23-8-11-7-21(20-17-11)12-5-3-10(15)4-6-12/h3-7,9H,8H2,1-2H3,(H2,16,18). The molecular weight excluding hydrogens is 334 g/mol. The number of anilines is 1. The topological polar surface area (TPSA) is 87.4 Å². The highest BCUT2D eigenvalue weighted by Crippen LogP contribution is 2.25. The molecule has 0 radical (unpaired) electrons. The fraction of sp³-hybridized carbons (Fsp3) is 0.286. The van der Waals surface area contributed by atoms with Crippen molar-refractivity contribution in [3.63, 3.8) is 0 Å². The fourth-order valence-corrected chi connectivity index (χ4v) is 3.17. The summed E-state index contributed by atoms with van der Waals surface area (Å²) in [5, 5.41) is 17.8. The molecule has 2 heterocycles. The van der Waals surface area contributed by atoms with E-state index in [0.717, 1.165) is 16.5 Å². The van der Waals surface area contributed by atoms with Gasteiger partial charge in [0.05, 0.1) is 17.6 Å². The minimum absolute atomic E-state index is 0.206. The van der Waals surface area contributed by atoms with E-state index in [1.807, 2.05) is 48.9 Å². The van der Waals surface area contributed by atoms with Crippen molar-refractivity contribution < 1.29 is 0 Å². The molecule has 0 bridgehead atoms. The highest BCUT2D eigenvalue weighted by atomic mass is 35.5. The Morgan fingerprint density at radius 3 is 2.61 bits per heavy atom. The second-order valence-electron chi connectivity index (χ2n) is 5.22. The van der Waals surface area contributed by atoms with Gasteiger partial charge in [-0.15, -0.1) is 15.3 Å². The lowest BCUT2D eigenvalue weighted by Gasteiger charge is -2.10. The van der Waals surface area contributed by atoms with E-state index >= 15 is 0 Å². The smallest absolute Gasteiger partial charge is 0.222 e. The molecule has 120 valence electrons. The lowest BCUT2D eigenvalue weighted by Crippen LogP contribution is -2.07. The summed E-state index contributed by atoms with van der Waals surface area (Å²) >= 11 is 7.42. The molecule has 0 spiro atoms. The zero-order valence-electron chi connectivity index (χ0n) is 12.7. The maximum atomic E-state index is 5.89. The molecule has 0 aliphatic heterocycles. The third kappa shape index (κ3) is 3.48. The molecule has 23 heavy (non-hydrogen) atoms. The number of nitrogen functional groups attached to an aromatic ring is 1. The predicted octanol–water partition coefficient (Wildman–Crippen LogP) is 2.97. The third-order valence-corrected chi connectivity index (χ3v) is 4.42. The van der Waals surface area contributed by atoms with E-state index in [2.05, 4.69) is 20.5 Å². The van der Waals surface area contributed by atoms with Crippen LogP contribution in [0.15, 0.2) is 35.6 Å². The molecule has 0 aliphatic carbocycles. The Kier molecular flexibility index (Phi) is 4.53. The monoisotopic (exact) mass is 349 g/mol. The van der Waals surface area contributed by atoms with Crippen LogP contribution in [-0.4, -0.2) is 29.8 Å². The van der Waals surface area contributed by atoms with E-state index in [1.54, 1.807) is 4.68 Å². The second kappa shape index (κ2) is 6.59. The van der Waals surface area contributed by atoms with Crippen LogP contribution in [0.4, 0.5) is 5.95 Å². The van der Waals surface area contributed by atoms with Gasteiger partial charge in [0.25, 0.3) is 0 Å². The van der Waals surface area contributed by atoms with Crippen molar-refractivity contribution in [2.24, 2.45) is 0 Å². The lowest BCUT2D eigenvalue weighted by molar-refractivity contribution is 0.557. The average molecular weight is 350 g/mol. The van der Waals surface area contributed by atoms with Gasteiger partial charge in [0, 0.05) is 16.8 Å². The van der Waals surface area contributed by atoms with Gasteiger partial charge >= 0.3 is 0 Å². The van der Waals surface area contributed by atoms with Crippen LogP contribution in [0, 0.1) is 0 Å². The summed E-state index contributed by atoms with van der Waals surface area (Å²) in [5.41, 5.74) is 7.60. The van der Waals surface area contributed by atoms with Crippen LogP contribution >= 0.6 is 23.4 Å². The SMILES string of the molecule is CC(C)n1c(N)nnc1SCc1cn(-c2ccc(Cl)cc2)nn1. The molecule has 3 aromatic rings. The van der Waals surface area contributed by atoms with Gasteiger partial charge in [-0.1, -0.05) is 28.6 Å². The van der Waals surface area contributed by atoms with Crippen molar-refractivity contribution in [2.45, 2.75) is 30.8 Å². The largest absolute Gasteiger partial charge is 0.368 e. The molecule has 0 saturated carbocycles. The fourth-order valence-electron chi connectivity index (χ4n) is 2.10. The van der Waals surface area contributed by atoms with Crippen molar-refractivity contribution in [3.05, 3.63) is 41.2 Å². The maximum absolute atomic E-state index is 5.89. The molecule has 0 atom stereocenters. The van der Waals surface area contributed by atoms with Crippen molar-refractivity contribution in [3.8, 4) is 5.69 Å². The number of halogens is 1. The van der Waals surface area contributed by atoms with Gasteiger partial charge in [-0.2, -0.15) is 0 Å². The first-order valence-electron chi connectivity index (χ1n) is 7.05. The Labute approximate surface area is 142 Å². The molecule has 7 nitrogen and oxygen atoms in total. The summed E-state index contributed by atoms with van der Waals surface area (Å²) in [6.07, 6.45) is 1.88. The predicted molar refractivity (Wildman–Crippen MR) is 90.7 cm³/mol. The number of hydrogen-bond acceptors (Lipinski definition) is 6. The molecule has 9 heteroatoms. The zero-order valence-corrected chi connectivity index (χ0v) is 14.3. The van der Waals surface area contributed by atoms with Gasteiger partial charge in [0.15, 0.2) is 5.16 Å². The minimum atomic E-state index is 0.206. The van der Waals surface area contributed by atoms with Gasteiger partial charge in [-0.3, -0.25) is 4.57 Å². The molecule has 3 rings (SSSR count). The van der Waals surface area contributed by atoms with Gasteiger partial charge in [-0.25, -0.2) is 4.68 Å². The Morgan fingerprint density at radius 1 is 1.17 bits per heavy atom. The van der Waals surface area contributed by atoms with E-state index in [1.165, 1.54) is 11.8 Å². The molecule has 0 amide bonds. The molecule has 2 N–H and O–H groups in total. The Balaban J connectivity index is 1.71. The van der Waals surface area contributed by atoms with E-state index in [9.17, 15) is 0 Å². The number of aromatic nitrogens is 6. The third-order valence-electron chi connectivity index (χ3n) is 3.19. The van der Waals surface area contributed by atoms with Crippen LogP contribution in [0.3, 0.4) is 0 Å². The van der Waals surface area contributed by atoms with Crippen molar-refractivity contribution >= 4 is 29.3 Å². The summed E-state index contributed by atoms with van der Waals surface area (Å²) < 4.78 is 3.61. The Hall–Kier alpha value is -2.06. The number of benzene rings is 1. The first-order chi connectivity index (χ1) is 11.0. The average Bonchev–Trinajstić information content (AvgIpc) is 3.12. The normalized spacial score (nSPS) is 11.3. The quantitative estimate of drug-likeness (QED) is 0.712. The van der Waals surface area contributed by atoms with E-state index < -0.39 is 0 Å². The summed E-state index contributed by atoms with van der Waals surface area (Å²) in [7, 11) is 0. The molecule has 0 saturated heterocycles. The number of hydrogen-bond donors (Lipinski definition) is 1. The van der Waals surface area contributed by atoms with Gasteiger partial charge in [0.1, 0.15) is 0 Å². The molecule has 2 aromatic heterocycles. The lowest BCUT2D eigenvalue weighted by atomic mass is 10.3. The number of nitrogens with zero attached hydrogens (tertiary/aromatic N) is 6. The molecule has 0 aliphatic rings. The molecule has 0 fully saturated rings. The van der Waals surface area contributed by atoms with Crippen LogP contribution in [-0.2, 0) is 5.75 Å². The molecule has 1 aromatic carbocycles. The maximum Gasteiger partial charge on any atom is 0.222 e. The molecule has 0 unspecified atom stereocenters. The van der Waals surface area contributed by atoms with Gasteiger partial charge in [0.2, 0.25) is 5.95 Å². The zero-order chi connectivity index (χ0) is 16.4. The number of thioether (sulfide) groups is 1. The first-order valence-corrected chi connectivity index (χ1v) is 8.41. The van der Waals surface area contributed by atoms with Crippen LogP contribution in [0.25, 0.3) is 5.69 Å². The van der Waals surface area contributed by atoms with Crippen molar-refractivity contribution in [1.82, 2.24) is 29.8 Å². The Bertz CT molecular complexity index is 794. The van der Waals surface area contributed by atoms with Gasteiger partial charge in [-0.05, 0) is 38.1 Å². The number of rotatable bonds is 5. The highest BCUT2D eigenvalue weighted by Gasteiger charge is 2.14. The van der Waals surface area contributed by atoms with Crippen molar-refractivity contribution in [2.75, 3.05) is 5.73 Å². The van der Waals surface area contributed by atoms with Crippen LogP contribution < -0.4 is 5.73 Å².